The van der Waals surface area contributed by atoms with Gasteiger partial charge in [-0.05, 0) is 12.5 Å². The first-order chi connectivity index (χ1) is 4.33. The van der Waals surface area contributed by atoms with Crippen molar-refractivity contribution in [3.05, 3.63) is 12.2 Å². The molecule has 0 aliphatic carbocycles. The first-order valence-corrected chi connectivity index (χ1v) is 3.04. The molecule has 0 amide bonds. The van der Waals surface area contributed by atoms with E-state index < -0.39 is 0 Å². The van der Waals surface area contributed by atoms with Crippen molar-refractivity contribution < 1.29 is 4.74 Å². The lowest BCUT2D eigenvalue weighted by Crippen LogP contribution is -2.02. The highest BCUT2D eigenvalue weighted by Gasteiger charge is 2.39. The summed E-state index contributed by atoms with van der Waals surface area (Å²) < 4.78 is 5.11. The van der Waals surface area contributed by atoms with E-state index in [0.29, 0.717) is 0 Å². The minimum absolute atomic E-state index is 0.0598. The highest BCUT2D eigenvalue weighted by molar-refractivity contribution is 5.15. The van der Waals surface area contributed by atoms with E-state index in [2.05, 4.69) is 6.92 Å². The van der Waals surface area contributed by atoms with Crippen molar-refractivity contribution in [1.82, 2.24) is 0 Å². The quantitative estimate of drug-likeness (QED) is 0.409. The van der Waals surface area contributed by atoms with Gasteiger partial charge in [0.2, 0.25) is 0 Å². The van der Waals surface area contributed by atoms with Gasteiger partial charge in [-0.25, -0.2) is 0 Å². The fourth-order valence-electron chi connectivity index (χ4n) is 0.700. The van der Waals surface area contributed by atoms with Gasteiger partial charge in [-0.1, -0.05) is 6.92 Å². The van der Waals surface area contributed by atoms with Crippen LogP contribution in [0.3, 0.4) is 0 Å². The summed E-state index contributed by atoms with van der Waals surface area (Å²) in [5.74, 6) is 0. The van der Waals surface area contributed by atoms with E-state index in [0.717, 1.165) is 13.0 Å². The monoisotopic (exact) mass is 123 g/mol. The summed E-state index contributed by atoms with van der Waals surface area (Å²) in [6, 6.07) is 1.94. The van der Waals surface area contributed by atoms with Crippen molar-refractivity contribution >= 4 is 0 Å². The van der Waals surface area contributed by atoms with E-state index in [9.17, 15) is 0 Å². The van der Waals surface area contributed by atoms with Crippen molar-refractivity contribution in [3.63, 3.8) is 0 Å². The fraction of sp³-hybridized carbons (Fsp3) is 0.571. The van der Waals surface area contributed by atoms with Crippen LogP contribution in [-0.4, -0.2) is 12.2 Å². The van der Waals surface area contributed by atoms with Gasteiger partial charge in [-0.2, -0.15) is 5.26 Å². The lowest BCUT2D eigenvalue weighted by Gasteiger charge is -1.96. The molecule has 1 unspecified atom stereocenters. The molecule has 1 fully saturated rings. The fourth-order valence-corrected chi connectivity index (χ4v) is 0.700. The van der Waals surface area contributed by atoms with E-state index in [-0.39, 0.29) is 5.60 Å². The average molecular weight is 123 g/mol. The Balaban J connectivity index is 2.44. The Morgan fingerprint density at radius 1 is 1.89 bits per heavy atom. The first-order valence-electron chi connectivity index (χ1n) is 3.04. The second-order valence-corrected chi connectivity index (χ2v) is 2.17. The summed E-state index contributed by atoms with van der Waals surface area (Å²) >= 11 is 0. The zero-order chi connectivity index (χ0) is 6.74. The Kier molecular flexibility index (Phi) is 1.54. The molecule has 9 heavy (non-hydrogen) atoms. The van der Waals surface area contributed by atoms with Crippen molar-refractivity contribution in [3.8, 4) is 6.07 Å². The largest absolute Gasteiger partial charge is 0.365 e. The van der Waals surface area contributed by atoms with Gasteiger partial charge in [0.05, 0.1) is 12.7 Å². The van der Waals surface area contributed by atoms with Crippen LogP contribution in [0.1, 0.15) is 13.3 Å². The lowest BCUT2D eigenvalue weighted by molar-refractivity contribution is 0.344. The van der Waals surface area contributed by atoms with Crippen LogP contribution in [0.5, 0.6) is 0 Å². The molecule has 1 heterocycles. The topological polar surface area (TPSA) is 36.3 Å². The van der Waals surface area contributed by atoms with Gasteiger partial charge in [0.25, 0.3) is 0 Å². The number of hydrogen-bond acceptors (Lipinski definition) is 2. The molecule has 1 atom stereocenters. The van der Waals surface area contributed by atoms with E-state index in [1.807, 2.05) is 12.1 Å². The van der Waals surface area contributed by atoms with Gasteiger partial charge < -0.3 is 4.74 Å². The smallest absolute Gasteiger partial charge is 0.110 e. The molecular weight excluding hydrogens is 114 g/mol. The highest BCUT2D eigenvalue weighted by atomic mass is 16.6. The van der Waals surface area contributed by atoms with E-state index in [4.69, 9.17) is 10.00 Å². The molecule has 1 saturated heterocycles. The predicted molar refractivity (Wildman–Crippen MR) is 33.7 cm³/mol. The number of epoxide rings is 1. The maximum absolute atomic E-state index is 8.16. The van der Waals surface area contributed by atoms with Crippen LogP contribution in [0.2, 0.25) is 0 Å². The van der Waals surface area contributed by atoms with Crippen LogP contribution in [0, 0.1) is 11.3 Å². The summed E-state index contributed by atoms with van der Waals surface area (Å²) in [6.07, 6.45) is 4.27. The summed E-state index contributed by atoms with van der Waals surface area (Å²) in [5, 5.41) is 8.16. The molecule has 0 aromatic rings. The average Bonchev–Trinajstić information content (AvgIpc) is 2.65. The number of ether oxygens (including phenoxy) is 1. The molecule has 1 aliphatic heterocycles. The van der Waals surface area contributed by atoms with Crippen LogP contribution in [0.25, 0.3) is 0 Å². The number of hydrogen-bond donors (Lipinski definition) is 0. The third-order valence-electron chi connectivity index (χ3n) is 1.58. The second kappa shape index (κ2) is 2.20. The summed E-state index contributed by atoms with van der Waals surface area (Å²) in [7, 11) is 0. The zero-order valence-electron chi connectivity index (χ0n) is 5.42. The molecule has 2 heteroatoms. The van der Waals surface area contributed by atoms with Gasteiger partial charge in [0.15, 0.2) is 0 Å². The van der Waals surface area contributed by atoms with Crippen molar-refractivity contribution in [2.24, 2.45) is 0 Å². The summed E-state index contributed by atoms with van der Waals surface area (Å²) in [5.41, 5.74) is -0.0598. The molecule has 1 aliphatic rings. The lowest BCUT2D eigenvalue weighted by atomic mass is 10.1. The van der Waals surface area contributed by atoms with Crippen LogP contribution in [0.4, 0.5) is 0 Å². The Morgan fingerprint density at radius 2 is 2.56 bits per heavy atom. The maximum atomic E-state index is 8.16. The van der Waals surface area contributed by atoms with Gasteiger partial charge in [0.1, 0.15) is 5.60 Å². The number of nitrogens with zero attached hydrogens (tertiary/aromatic N) is 1. The molecule has 1 rings (SSSR count). The molecule has 0 spiro atoms. The zero-order valence-corrected chi connectivity index (χ0v) is 5.42. The minimum Gasteiger partial charge on any atom is -0.365 e. The van der Waals surface area contributed by atoms with E-state index >= 15 is 0 Å². The Labute approximate surface area is 54.7 Å². The van der Waals surface area contributed by atoms with E-state index in [1.54, 1.807) is 0 Å². The predicted octanol–water partition coefficient (Wildman–Crippen LogP) is 1.25. The first kappa shape index (κ1) is 6.31. The molecule has 2 nitrogen and oxygen atoms in total. The second-order valence-electron chi connectivity index (χ2n) is 2.17. The van der Waals surface area contributed by atoms with Crippen molar-refractivity contribution in [2.75, 3.05) is 6.61 Å². The standard InChI is InChI=1S/C7H9NO/c1-2-7(6-9-7)4-3-5-8/h3-4H,2,6H2,1H3/b4-3+. The molecule has 0 bridgehead atoms. The van der Waals surface area contributed by atoms with Gasteiger partial charge >= 0.3 is 0 Å². The molecule has 48 valence electrons. The van der Waals surface area contributed by atoms with Crippen molar-refractivity contribution in [2.45, 2.75) is 18.9 Å². The number of rotatable bonds is 2. The van der Waals surface area contributed by atoms with Gasteiger partial charge in [-0.15, -0.1) is 0 Å². The van der Waals surface area contributed by atoms with Gasteiger partial charge in [-0.3, -0.25) is 0 Å². The molecular formula is C7H9NO. The molecule has 0 N–H and O–H groups in total. The van der Waals surface area contributed by atoms with Crippen molar-refractivity contribution in [1.29, 1.82) is 5.26 Å². The maximum Gasteiger partial charge on any atom is 0.110 e. The Morgan fingerprint density at radius 3 is 2.89 bits per heavy atom. The summed E-state index contributed by atoms with van der Waals surface area (Å²) in [6.45, 7) is 2.83. The highest BCUT2D eigenvalue weighted by Crippen LogP contribution is 2.31. The Hall–Kier alpha value is -0.810. The normalized spacial score (nSPS) is 32.4. The molecule has 0 saturated carbocycles. The summed E-state index contributed by atoms with van der Waals surface area (Å²) in [4.78, 5) is 0. The third-order valence-corrected chi connectivity index (χ3v) is 1.58. The van der Waals surface area contributed by atoms with Crippen LogP contribution >= 0.6 is 0 Å². The van der Waals surface area contributed by atoms with Crippen LogP contribution in [0.15, 0.2) is 12.2 Å². The molecule has 0 aromatic heterocycles. The van der Waals surface area contributed by atoms with E-state index in [1.165, 1.54) is 6.08 Å². The number of allylic oxidation sites excluding steroid dienone is 1. The van der Waals surface area contributed by atoms with Crippen LogP contribution in [-0.2, 0) is 4.74 Å². The molecule has 0 radical (unpaired) electrons. The minimum atomic E-state index is -0.0598. The molecule has 0 aromatic carbocycles. The van der Waals surface area contributed by atoms with Gasteiger partial charge in [0, 0.05) is 6.08 Å². The Bertz CT molecular complexity index is 162. The van der Waals surface area contributed by atoms with Crippen LogP contribution < -0.4 is 0 Å². The number of nitriles is 1. The third kappa shape index (κ3) is 1.30. The SMILES string of the molecule is CCC1(/C=C/C#N)CO1.